The van der Waals surface area contributed by atoms with Crippen molar-refractivity contribution >= 4 is 44.6 Å². The van der Waals surface area contributed by atoms with E-state index in [1.54, 1.807) is 28.4 Å². The van der Waals surface area contributed by atoms with E-state index in [9.17, 15) is 14.4 Å². The predicted molar refractivity (Wildman–Crippen MR) is 134 cm³/mol. The quantitative estimate of drug-likeness (QED) is 0.422. The summed E-state index contributed by atoms with van der Waals surface area (Å²) >= 11 is 2.84. The number of piperidine rings is 1. The first-order valence-electron chi connectivity index (χ1n) is 11.2. The van der Waals surface area contributed by atoms with Crippen LogP contribution in [0.5, 0.6) is 0 Å². The number of halogens is 1. The Kier molecular flexibility index (Phi) is 6.12. The van der Waals surface area contributed by atoms with E-state index in [-0.39, 0.29) is 17.8 Å². The Morgan fingerprint density at radius 2 is 1.97 bits per heavy atom. The number of carbonyl (C=O) groups excluding carboxylic acids is 1. The van der Waals surface area contributed by atoms with Crippen LogP contribution in [0.15, 0.2) is 24.3 Å². The highest BCUT2D eigenvalue weighted by atomic mass is 32.1. The van der Waals surface area contributed by atoms with Crippen LogP contribution in [0.3, 0.4) is 0 Å². The maximum atomic E-state index is 13.4. The first-order valence-corrected chi connectivity index (χ1v) is 12.9. The zero-order chi connectivity index (χ0) is 24.7. The Morgan fingerprint density at radius 1 is 1.26 bits per heavy atom. The predicted octanol–water partition coefficient (Wildman–Crippen LogP) is 4.51. The summed E-state index contributed by atoms with van der Waals surface area (Å²) in [4.78, 5) is 25.8. The fraction of sp³-hybridized carbons (Fsp3) is 0.348. The minimum absolute atomic E-state index is 0.246. The van der Waals surface area contributed by atoms with Gasteiger partial charge in [0.25, 0.3) is 0 Å². The smallest absolute Gasteiger partial charge is 0.314 e. The van der Waals surface area contributed by atoms with Crippen molar-refractivity contribution in [3.05, 3.63) is 45.7 Å². The van der Waals surface area contributed by atoms with Crippen LogP contribution in [0.2, 0.25) is 0 Å². The summed E-state index contributed by atoms with van der Waals surface area (Å²) in [7, 11) is 1.89. The van der Waals surface area contributed by atoms with E-state index in [0.717, 1.165) is 34.3 Å². The molecule has 0 unspecified atom stereocenters. The van der Waals surface area contributed by atoms with Gasteiger partial charge in [0.2, 0.25) is 4.96 Å². The normalized spacial score (nSPS) is 14.4. The molecule has 12 heteroatoms. The summed E-state index contributed by atoms with van der Waals surface area (Å²) in [5.41, 5.74) is 7.52. The van der Waals surface area contributed by atoms with Crippen LogP contribution in [0.1, 0.15) is 41.3 Å². The first-order chi connectivity index (χ1) is 16.9. The molecule has 1 aliphatic rings. The maximum Gasteiger partial charge on any atom is 0.314 e. The number of urea groups is 1. The number of nitriles is 1. The number of primary amides is 1. The molecule has 3 aromatic heterocycles. The van der Waals surface area contributed by atoms with Crippen LogP contribution in [-0.4, -0.2) is 50.7 Å². The Balaban J connectivity index is 1.49. The second kappa shape index (κ2) is 9.24. The molecule has 0 saturated carbocycles. The minimum Gasteiger partial charge on any atom is -0.351 e. The monoisotopic (exact) mass is 510 g/mol. The lowest BCUT2D eigenvalue weighted by Crippen LogP contribution is -2.41. The molecule has 5 rings (SSSR count). The second-order valence-corrected chi connectivity index (χ2v) is 10.3. The van der Waals surface area contributed by atoms with Gasteiger partial charge in [-0.25, -0.2) is 19.2 Å². The minimum atomic E-state index is -0.380. The number of aryl methyl sites for hydroxylation is 1. The molecule has 9 nitrogen and oxygen atoms in total. The van der Waals surface area contributed by atoms with E-state index in [2.05, 4.69) is 6.07 Å². The number of hydrogen-bond acceptors (Lipinski definition) is 8. The number of benzene rings is 1. The number of nitrogens with two attached hydrogens (primary N) is 1. The van der Waals surface area contributed by atoms with Gasteiger partial charge in [-0.15, -0.1) is 0 Å². The van der Waals surface area contributed by atoms with E-state index in [0.29, 0.717) is 40.8 Å². The van der Waals surface area contributed by atoms with Crippen molar-refractivity contribution in [2.75, 3.05) is 25.0 Å². The van der Waals surface area contributed by atoms with Gasteiger partial charge in [0.05, 0.1) is 5.69 Å². The maximum absolute atomic E-state index is 13.4. The molecule has 0 atom stereocenters. The van der Waals surface area contributed by atoms with Crippen molar-refractivity contribution in [1.82, 2.24) is 24.5 Å². The Labute approximate surface area is 209 Å². The number of anilines is 2. The lowest BCUT2D eigenvalue weighted by molar-refractivity contribution is 0.190. The standard InChI is InChI=1S/C23H23FN8OS2/c1-3-16-20(30(2)22-28-18(17(12-25)34-22)13-4-6-15(24)7-5-13)32-23(27-16)35-19(29-32)14-8-10-31(11-9-14)21(26)33/h4-7,14H,3,8-11H2,1-2H3,(H2,26,33). The molecule has 4 aromatic rings. The van der Waals surface area contributed by atoms with Gasteiger partial charge in [-0.05, 0) is 43.5 Å². The number of fused-ring (bicyclic) bond motifs is 1. The van der Waals surface area contributed by atoms with Gasteiger partial charge in [0, 0.05) is 31.6 Å². The Morgan fingerprint density at radius 3 is 2.60 bits per heavy atom. The van der Waals surface area contributed by atoms with Crippen LogP contribution in [-0.2, 0) is 6.42 Å². The van der Waals surface area contributed by atoms with Crippen molar-refractivity contribution in [3.8, 4) is 17.3 Å². The summed E-state index contributed by atoms with van der Waals surface area (Å²) in [6, 6.07) is 7.81. The van der Waals surface area contributed by atoms with E-state index in [4.69, 9.17) is 20.8 Å². The van der Waals surface area contributed by atoms with Gasteiger partial charge in [0.1, 0.15) is 27.5 Å². The number of hydrogen-bond donors (Lipinski definition) is 1. The molecule has 2 amide bonds. The van der Waals surface area contributed by atoms with E-state index >= 15 is 0 Å². The number of amides is 2. The number of likely N-dealkylation sites (tertiary alicyclic amines) is 1. The van der Waals surface area contributed by atoms with Gasteiger partial charge in [-0.2, -0.15) is 14.9 Å². The first kappa shape index (κ1) is 23.2. The molecule has 0 aliphatic carbocycles. The average molecular weight is 511 g/mol. The third-order valence-corrected chi connectivity index (χ3v) is 8.30. The molecule has 1 fully saturated rings. The van der Waals surface area contributed by atoms with Crippen LogP contribution in [0.4, 0.5) is 20.1 Å². The van der Waals surface area contributed by atoms with Gasteiger partial charge >= 0.3 is 6.03 Å². The van der Waals surface area contributed by atoms with E-state index in [1.165, 1.54) is 23.5 Å². The molecular formula is C23H23FN8OS2. The molecule has 4 heterocycles. The van der Waals surface area contributed by atoms with E-state index in [1.807, 2.05) is 23.4 Å². The summed E-state index contributed by atoms with van der Waals surface area (Å²) in [6.07, 6.45) is 2.33. The summed E-state index contributed by atoms with van der Waals surface area (Å²) in [6.45, 7) is 3.28. The van der Waals surface area contributed by atoms with Gasteiger partial charge in [-0.1, -0.05) is 29.6 Å². The summed E-state index contributed by atoms with van der Waals surface area (Å²) < 4.78 is 15.2. The molecule has 1 aliphatic heterocycles. The lowest BCUT2D eigenvalue weighted by Gasteiger charge is -2.29. The number of aromatic nitrogens is 4. The Bertz CT molecular complexity index is 1430. The average Bonchev–Trinajstić information content (AvgIpc) is 3.56. The van der Waals surface area contributed by atoms with E-state index < -0.39 is 0 Å². The van der Waals surface area contributed by atoms with Crippen molar-refractivity contribution in [2.45, 2.75) is 32.1 Å². The SMILES string of the molecule is CCc1nc2sc(C3CCN(C(N)=O)CC3)nn2c1N(C)c1nc(-c2ccc(F)cc2)c(C#N)s1. The fourth-order valence-electron chi connectivity index (χ4n) is 4.30. The number of rotatable bonds is 5. The Hall–Kier alpha value is -3.56. The molecule has 1 aromatic carbocycles. The summed E-state index contributed by atoms with van der Waals surface area (Å²) in [5, 5.41) is 16.2. The number of nitrogens with zero attached hydrogens (tertiary/aromatic N) is 7. The van der Waals surface area contributed by atoms with Crippen molar-refractivity contribution in [3.63, 3.8) is 0 Å². The molecule has 0 spiro atoms. The third kappa shape index (κ3) is 4.21. The van der Waals surface area contributed by atoms with Crippen LogP contribution in [0, 0.1) is 17.1 Å². The van der Waals surface area contributed by atoms with Crippen LogP contribution < -0.4 is 10.6 Å². The highest BCUT2D eigenvalue weighted by Crippen LogP contribution is 2.38. The zero-order valence-electron chi connectivity index (χ0n) is 19.2. The highest BCUT2D eigenvalue weighted by Gasteiger charge is 2.28. The largest absolute Gasteiger partial charge is 0.351 e. The zero-order valence-corrected chi connectivity index (χ0v) is 20.9. The highest BCUT2D eigenvalue weighted by molar-refractivity contribution is 7.17. The third-order valence-electron chi connectivity index (χ3n) is 6.20. The number of carbonyl (C=O) groups is 1. The molecule has 35 heavy (non-hydrogen) atoms. The number of imidazole rings is 1. The molecule has 180 valence electrons. The molecule has 1 saturated heterocycles. The van der Waals surface area contributed by atoms with Crippen molar-refractivity contribution in [1.29, 1.82) is 5.26 Å². The van der Waals surface area contributed by atoms with Crippen LogP contribution >= 0.6 is 22.7 Å². The molecule has 0 radical (unpaired) electrons. The van der Waals surface area contributed by atoms with Gasteiger partial charge < -0.3 is 15.5 Å². The second-order valence-electron chi connectivity index (χ2n) is 8.32. The lowest BCUT2D eigenvalue weighted by atomic mass is 9.98. The van der Waals surface area contributed by atoms with Crippen LogP contribution in [0.25, 0.3) is 16.2 Å². The topological polar surface area (TPSA) is 116 Å². The van der Waals surface area contributed by atoms with Gasteiger partial charge in [0.15, 0.2) is 10.9 Å². The molecule has 0 bridgehead atoms. The summed E-state index contributed by atoms with van der Waals surface area (Å²) in [5.74, 6) is 0.716. The van der Waals surface area contributed by atoms with Crippen molar-refractivity contribution < 1.29 is 9.18 Å². The molecule has 2 N–H and O–H groups in total. The van der Waals surface area contributed by atoms with Crippen molar-refractivity contribution in [2.24, 2.45) is 5.73 Å². The number of thiazole rings is 1. The van der Waals surface area contributed by atoms with Gasteiger partial charge in [-0.3, -0.25) is 0 Å². The fourth-order valence-corrected chi connectivity index (χ4v) is 6.23. The molecular weight excluding hydrogens is 487 g/mol.